The Morgan fingerprint density at radius 2 is 0.845 bits per heavy atom. The van der Waals surface area contributed by atoms with Crippen molar-refractivity contribution < 1.29 is 24.1 Å². The molecule has 294 valence electrons. The summed E-state index contributed by atoms with van der Waals surface area (Å²) in [5, 5.41) is 8.81. The molecule has 2 aliphatic rings. The Morgan fingerprint density at radius 1 is 0.466 bits per heavy atom. The average Bonchev–Trinajstić information content (AvgIpc) is 3.23. The van der Waals surface area contributed by atoms with Gasteiger partial charge in [-0.15, -0.1) is 0 Å². The summed E-state index contributed by atoms with van der Waals surface area (Å²) in [7, 11) is 0. The Labute approximate surface area is 340 Å². The van der Waals surface area contributed by atoms with Gasteiger partial charge in [0.05, 0.1) is 0 Å². The van der Waals surface area contributed by atoms with E-state index in [1.807, 2.05) is 67.6 Å². The summed E-state index contributed by atoms with van der Waals surface area (Å²) in [6.45, 7) is 8.88. The first-order valence-electron chi connectivity index (χ1n) is 19.1. The van der Waals surface area contributed by atoms with Crippen LogP contribution < -0.4 is 40.2 Å². The molecule has 7 aromatic rings. The van der Waals surface area contributed by atoms with Crippen LogP contribution in [0.2, 0.25) is 0 Å². The molecule has 2 heterocycles. The predicted molar refractivity (Wildman–Crippen MR) is 233 cm³/mol. The molecule has 0 unspecified atom stereocenters. The first-order valence-corrected chi connectivity index (χ1v) is 19.1. The number of phenolic OH excluding ortho intramolecular Hbond substituents is 1. The molecule has 0 amide bonds. The largest absolute Gasteiger partial charge is 0.508 e. The van der Waals surface area contributed by atoms with Gasteiger partial charge in [0.25, 0.3) is 0 Å². The van der Waals surface area contributed by atoms with Crippen LogP contribution in [0.3, 0.4) is 0 Å². The molecule has 0 aliphatic carbocycles. The molecule has 58 heavy (non-hydrogen) atoms. The number of fused-ring (bicyclic) bond motifs is 2. The second-order valence-corrected chi connectivity index (χ2v) is 14.3. The standard InChI is InChI=1S/C30H28N2O3.C12H12N2O.C7H8O/c1-21-3-5-23-17-31(19-33-29(23)15-21)25-7-11-27(12-8-25)35-28-13-9-26(10-14-28)32-18-24-6-4-22(2)16-30(24)34-20-32;13-9-1-5-11(6-2-9)15-12-7-3-10(14)4-8-12;1-6-3-2-4-7(8)5-6/h3-16H,17-20H2,1-2H3;1-8H,13-14H2;2-5,8H,1H3. The maximum atomic E-state index is 8.81. The SMILES string of the molecule is Cc1ccc2c(c1)OCN(c1ccc(Oc3ccc(N4COc5cc(C)ccc5C4)cc3)cc1)C2.Cc1cccc(O)c1.Nc1ccc(Oc2ccc(N)cc2)cc1. The van der Waals surface area contributed by atoms with Gasteiger partial charge in [0, 0.05) is 47.0 Å². The van der Waals surface area contributed by atoms with Crippen molar-refractivity contribution in [2.24, 2.45) is 0 Å². The zero-order valence-electron chi connectivity index (χ0n) is 33.0. The van der Waals surface area contributed by atoms with E-state index in [0.717, 1.165) is 75.9 Å². The van der Waals surface area contributed by atoms with Crippen molar-refractivity contribution in [1.29, 1.82) is 0 Å². The molecule has 0 fully saturated rings. The summed E-state index contributed by atoms with van der Waals surface area (Å²) in [6, 6.07) is 50.7. The molecule has 0 spiro atoms. The second kappa shape index (κ2) is 18.1. The molecule has 9 rings (SSSR count). The predicted octanol–water partition coefficient (Wildman–Crippen LogP) is 11.2. The number of nitrogens with zero attached hydrogens (tertiary/aromatic N) is 2. The molecular weight excluding hydrogens is 725 g/mol. The van der Waals surface area contributed by atoms with Crippen molar-refractivity contribution in [2.45, 2.75) is 33.9 Å². The van der Waals surface area contributed by atoms with Gasteiger partial charge in [-0.3, -0.25) is 0 Å². The van der Waals surface area contributed by atoms with Crippen LogP contribution >= 0.6 is 0 Å². The number of anilines is 4. The van der Waals surface area contributed by atoms with Gasteiger partial charge in [-0.1, -0.05) is 36.4 Å². The van der Waals surface area contributed by atoms with Gasteiger partial charge in [-0.2, -0.15) is 0 Å². The monoisotopic (exact) mass is 772 g/mol. The highest BCUT2D eigenvalue weighted by molar-refractivity contribution is 5.55. The molecule has 7 aromatic carbocycles. The van der Waals surface area contributed by atoms with Gasteiger partial charge in [0.1, 0.15) is 40.2 Å². The van der Waals surface area contributed by atoms with Gasteiger partial charge in [0.15, 0.2) is 13.5 Å². The summed E-state index contributed by atoms with van der Waals surface area (Å²) in [5.41, 5.74) is 20.7. The number of aromatic hydroxyl groups is 1. The van der Waals surface area contributed by atoms with Crippen molar-refractivity contribution in [3.8, 4) is 40.2 Å². The van der Waals surface area contributed by atoms with E-state index in [1.54, 1.807) is 36.4 Å². The van der Waals surface area contributed by atoms with Gasteiger partial charge in [-0.05, 0) is 159 Å². The van der Waals surface area contributed by atoms with Crippen LogP contribution in [-0.2, 0) is 13.1 Å². The zero-order chi connectivity index (χ0) is 40.4. The highest BCUT2D eigenvalue weighted by Gasteiger charge is 2.19. The van der Waals surface area contributed by atoms with E-state index >= 15 is 0 Å². The number of nitrogen functional groups attached to an aromatic ring is 2. The number of phenols is 1. The Bertz CT molecular complexity index is 2250. The molecule has 9 nitrogen and oxygen atoms in total. The Kier molecular flexibility index (Phi) is 12.2. The number of rotatable bonds is 6. The third-order valence-corrected chi connectivity index (χ3v) is 9.56. The fraction of sp³-hybridized carbons (Fsp3) is 0.143. The Hall–Kier alpha value is -7.26. The fourth-order valence-electron chi connectivity index (χ4n) is 6.40. The van der Waals surface area contributed by atoms with E-state index in [1.165, 1.54) is 22.3 Å². The van der Waals surface area contributed by atoms with E-state index in [9.17, 15) is 0 Å². The summed E-state index contributed by atoms with van der Waals surface area (Å²) in [4.78, 5) is 4.44. The molecule has 5 N–H and O–H groups in total. The third kappa shape index (κ3) is 10.5. The van der Waals surface area contributed by atoms with Crippen LogP contribution in [0.4, 0.5) is 22.7 Å². The molecular formula is C49H48N4O5. The normalized spacial score (nSPS) is 12.5. The lowest BCUT2D eigenvalue weighted by molar-refractivity contribution is 0.289. The number of aryl methyl sites for hydroxylation is 3. The van der Waals surface area contributed by atoms with E-state index in [-0.39, 0.29) is 0 Å². The van der Waals surface area contributed by atoms with Crippen LogP contribution in [0.1, 0.15) is 27.8 Å². The van der Waals surface area contributed by atoms with Crippen molar-refractivity contribution in [3.05, 3.63) is 186 Å². The topological polar surface area (TPSA) is 116 Å². The highest BCUT2D eigenvalue weighted by atomic mass is 16.5. The van der Waals surface area contributed by atoms with E-state index < -0.39 is 0 Å². The molecule has 2 aliphatic heterocycles. The van der Waals surface area contributed by atoms with Crippen molar-refractivity contribution in [3.63, 3.8) is 0 Å². The van der Waals surface area contributed by atoms with Crippen LogP contribution in [-0.4, -0.2) is 18.6 Å². The van der Waals surface area contributed by atoms with Crippen LogP contribution in [0.25, 0.3) is 0 Å². The lowest BCUT2D eigenvalue weighted by Gasteiger charge is -2.31. The van der Waals surface area contributed by atoms with Gasteiger partial charge < -0.3 is 45.3 Å². The first kappa shape index (κ1) is 39.0. The number of hydrogen-bond donors (Lipinski definition) is 3. The minimum atomic E-state index is 0.338. The van der Waals surface area contributed by atoms with Gasteiger partial charge in [-0.25, -0.2) is 0 Å². The van der Waals surface area contributed by atoms with Gasteiger partial charge in [0.2, 0.25) is 0 Å². The van der Waals surface area contributed by atoms with E-state index in [0.29, 0.717) is 19.2 Å². The number of ether oxygens (including phenoxy) is 4. The summed E-state index contributed by atoms with van der Waals surface area (Å²) < 4.78 is 23.6. The second-order valence-electron chi connectivity index (χ2n) is 14.3. The maximum Gasteiger partial charge on any atom is 0.161 e. The molecule has 0 saturated carbocycles. The zero-order valence-corrected chi connectivity index (χ0v) is 33.0. The lowest BCUT2D eigenvalue weighted by Crippen LogP contribution is -2.31. The van der Waals surface area contributed by atoms with Crippen LogP contribution in [0.5, 0.6) is 40.2 Å². The van der Waals surface area contributed by atoms with Gasteiger partial charge >= 0.3 is 0 Å². The summed E-state index contributed by atoms with van der Waals surface area (Å²) in [6.07, 6.45) is 0. The van der Waals surface area contributed by atoms with Crippen LogP contribution in [0, 0.1) is 20.8 Å². The fourth-order valence-corrected chi connectivity index (χ4v) is 6.40. The maximum absolute atomic E-state index is 8.81. The molecule has 0 radical (unpaired) electrons. The minimum Gasteiger partial charge on any atom is -0.508 e. The smallest absolute Gasteiger partial charge is 0.161 e. The van der Waals surface area contributed by atoms with Crippen molar-refractivity contribution >= 4 is 22.7 Å². The van der Waals surface area contributed by atoms with Crippen molar-refractivity contribution in [1.82, 2.24) is 0 Å². The summed E-state index contributed by atoms with van der Waals surface area (Å²) >= 11 is 0. The summed E-state index contributed by atoms with van der Waals surface area (Å²) in [5.74, 6) is 5.44. The molecule has 0 bridgehead atoms. The van der Waals surface area contributed by atoms with E-state index in [2.05, 4.69) is 84.3 Å². The van der Waals surface area contributed by atoms with Crippen molar-refractivity contribution in [2.75, 3.05) is 34.7 Å². The number of hydrogen-bond acceptors (Lipinski definition) is 9. The Morgan fingerprint density at radius 3 is 1.21 bits per heavy atom. The van der Waals surface area contributed by atoms with E-state index in [4.69, 9.17) is 35.5 Å². The quantitative estimate of drug-likeness (QED) is 0.142. The minimum absolute atomic E-state index is 0.338. The molecule has 0 atom stereocenters. The molecule has 0 aromatic heterocycles. The Balaban J connectivity index is 0.000000182. The third-order valence-electron chi connectivity index (χ3n) is 9.56. The average molecular weight is 773 g/mol. The highest BCUT2D eigenvalue weighted by Crippen LogP contribution is 2.33. The lowest BCUT2D eigenvalue weighted by atomic mass is 10.1. The number of nitrogens with two attached hydrogens (primary N) is 2. The first-order chi connectivity index (χ1) is 28.1. The molecule has 9 heteroatoms. The number of benzene rings is 7. The van der Waals surface area contributed by atoms with Crippen LogP contribution in [0.15, 0.2) is 158 Å². The molecule has 0 saturated heterocycles.